The van der Waals surface area contributed by atoms with E-state index >= 15 is 0 Å². The number of amides is 1. The van der Waals surface area contributed by atoms with Gasteiger partial charge < -0.3 is 9.87 Å². The summed E-state index contributed by atoms with van der Waals surface area (Å²) in [4.78, 5) is 11.0. The Balaban J connectivity index is 0. The molecule has 0 aliphatic heterocycles. The number of unbranched alkanes of at least 4 members (excludes halogenated alkanes) is 4. The Bertz CT molecular complexity index is 343. The van der Waals surface area contributed by atoms with Gasteiger partial charge in [0.15, 0.2) is 0 Å². The van der Waals surface area contributed by atoms with Crippen molar-refractivity contribution in [2.45, 2.75) is 50.8 Å². The predicted molar refractivity (Wildman–Crippen MR) is 65.2 cm³/mol. The third kappa shape index (κ3) is 10.1. The second kappa shape index (κ2) is 11.0. The molecule has 1 amide bonds. The zero-order valence-electron chi connectivity index (χ0n) is 11.1. The van der Waals surface area contributed by atoms with E-state index < -0.39 is 21.4 Å². The molecule has 1 unspecified atom stereocenters. The van der Waals surface area contributed by atoms with Gasteiger partial charge in [-0.1, -0.05) is 45.6 Å². The van der Waals surface area contributed by atoms with Crippen LogP contribution < -0.4 is 34.9 Å². The molecule has 1 atom stereocenters. The molecule has 0 saturated heterocycles. The summed E-state index contributed by atoms with van der Waals surface area (Å²) >= 11 is 0. The summed E-state index contributed by atoms with van der Waals surface area (Å²) in [6.45, 7) is 5.29. The summed E-state index contributed by atoms with van der Waals surface area (Å²) in [6, 6.07) is 0. The third-order valence-corrected chi connectivity index (χ3v) is 3.46. The van der Waals surface area contributed by atoms with Gasteiger partial charge in [-0.25, -0.2) is 8.42 Å². The van der Waals surface area contributed by atoms with Gasteiger partial charge in [0, 0.05) is 0 Å². The molecule has 0 aromatic rings. The van der Waals surface area contributed by atoms with E-state index in [9.17, 15) is 17.8 Å². The molecular formula is C11H20NNaO4S. The Morgan fingerprint density at radius 1 is 1.33 bits per heavy atom. The van der Waals surface area contributed by atoms with Crippen molar-refractivity contribution in [1.82, 2.24) is 5.32 Å². The van der Waals surface area contributed by atoms with Gasteiger partial charge in [0.25, 0.3) is 0 Å². The molecule has 100 valence electrons. The van der Waals surface area contributed by atoms with Gasteiger partial charge >= 0.3 is 29.6 Å². The summed E-state index contributed by atoms with van der Waals surface area (Å²) < 4.78 is 32.7. The molecule has 18 heavy (non-hydrogen) atoms. The average Bonchev–Trinajstić information content (AvgIpc) is 2.25. The van der Waals surface area contributed by atoms with Crippen LogP contribution in [-0.2, 0) is 14.9 Å². The number of carbonyl (C=O) groups excluding carboxylic acids is 1. The Hall–Kier alpha value is 0.120. The number of carbonyl (C=O) groups is 1. The average molecular weight is 285 g/mol. The van der Waals surface area contributed by atoms with Crippen LogP contribution in [0.1, 0.15) is 45.4 Å². The zero-order valence-corrected chi connectivity index (χ0v) is 14.0. The van der Waals surface area contributed by atoms with Gasteiger partial charge in [0.2, 0.25) is 5.91 Å². The van der Waals surface area contributed by atoms with E-state index in [-0.39, 0.29) is 36.0 Å². The normalized spacial score (nSPS) is 12.3. The van der Waals surface area contributed by atoms with E-state index in [1.54, 1.807) is 0 Å². The first-order valence-corrected chi connectivity index (χ1v) is 7.26. The number of nitrogens with one attached hydrogen (secondary N) is 1. The van der Waals surface area contributed by atoms with E-state index in [1.165, 1.54) is 0 Å². The minimum absolute atomic E-state index is 0. The van der Waals surface area contributed by atoms with E-state index in [0.29, 0.717) is 6.42 Å². The summed E-state index contributed by atoms with van der Waals surface area (Å²) in [7, 11) is -4.49. The Morgan fingerprint density at radius 3 is 2.33 bits per heavy atom. The van der Waals surface area contributed by atoms with Gasteiger partial charge in [-0.05, 0) is 12.5 Å². The second-order valence-corrected chi connectivity index (χ2v) is 5.45. The molecule has 0 aromatic heterocycles. The molecule has 0 aromatic carbocycles. The molecule has 0 heterocycles. The molecule has 0 bridgehead atoms. The molecule has 5 nitrogen and oxygen atoms in total. The molecular weight excluding hydrogens is 265 g/mol. The minimum atomic E-state index is -4.49. The van der Waals surface area contributed by atoms with Crippen molar-refractivity contribution in [3.63, 3.8) is 0 Å². The van der Waals surface area contributed by atoms with Crippen LogP contribution in [0.15, 0.2) is 12.7 Å². The van der Waals surface area contributed by atoms with Crippen LogP contribution in [0.25, 0.3) is 0 Å². The maximum absolute atomic E-state index is 11.0. The van der Waals surface area contributed by atoms with Crippen molar-refractivity contribution < 1.29 is 47.3 Å². The SMILES string of the molecule is C=CC(=O)NC(CCCCCCC)S(=O)(=O)[O-].[Na+]. The van der Waals surface area contributed by atoms with E-state index in [1.807, 2.05) is 0 Å². The van der Waals surface area contributed by atoms with Crippen LogP contribution in [0.4, 0.5) is 0 Å². The van der Waals surface area contributed by atoms with Gasteiger partial charge in [0.05, 0.1) is 0 Å². The quantitative estimate of drug-likeness (QED) is 0.242. The molecule has 7 heteroatoms. The van der Waals surface area contributed by atoms with Crippen molar-refractivity contribution in [3.8, 4) is 0 Å². The fourth-order valence-electron chi connectivity index (χ4n) is 1.44. The molecule has 0 rings (SSSR count). The zero-order chi connectivity index (χ0) is 13.3. The van der Waals surface area contributed by atoms with Gasteiger partial charge in [-0.15, -0.1) is 0 Å². The Labute approximate surface area is 131 Å². The summed E-state index contributed by atoms with van der Waals surface area (Å²) in [5, 5.41) is 0.802. The van der Waals surface area contributed by atoms with Crippen molar-refractivity contribution in [3.05, 3.63) is 12.7 Å². The summed E-state index contributed by atoms with van der Waals surface area (Å²) in [6.07, 6.45) is 5.79. The Morgan fingerprint density at radius 2 is 1.89 bits per heavy atom. The number of hydrogen-bond acceptors (Lipinski definition) is 4. The monoisotopic (exact) mass is 285 g/mol. The third-order valence-electron chi connectivity index (χ3n) is 2.41. The predicted octanol–water partition coefficient (Wildman–Crippen LogP) is -1.48. The minimum Gasteiger partial charge on any atom is -0.746 e. The van der Waals surface area contributed by atoms with Gasteiger partial charge in [-0.3, -0.25) is 4.79 Å². The van der Waals surface area contributed by atoms with Crippen molar-refractivity contribution in [1.29, 1.82) is 0 Å². The first kappa shape index (κ1) is 20.4. The maximum Gasteiger partial charge on any atom is 1.00 e. The van der Waals surface area contributed by atoms with Crippen LogP contribution >= 0.6 is 0 Å². The smallest absolute Gasteiger partial charge is 0.746 e. The van der Waals surface area contributed by atoms with Crippen LogP contribution in [0.2, 0.25) is 0 Å². The standard InChI is InChI=1S/C11H21NO4S.Na/c1-3-5-6-7-8-9-11(17(14,15)16)12-10(13)4-2;/h4,11H,2-3,5-9H2,1H3,(H,12,13)(H,14,15,16);/q;+1/p-1. The van der Waals surface area contributed by atoms with Crippen LogP contribution in [-0.4, -0.2) is 24.3 Å². The molecule has 0 saturated carbocycles. The summed E-state index contributed by atoms with van der Waals surface area (Å²) in [5.41, 5.74) is 0. The number of rotatable bonds is 9. The fourth-order valence-corrected chi connectivity index (χ4v) is 2.16. The molecule has 0 radical (unpaired) electrons. The molecule has 0 aliphatic rings. The van der Waals surface area contributed by atoms with Crippen molar-refractivity contribution in [2.24, 2.45) is 0 Å². The fraction of sp³-hybridized carbons (Fsp3) is 0.727. The number of hydrogen-bond donors (Lipinski definition) is 1. The molecule has 1 N–H and O–H groups in total. The van der Waals surface area contributed by atoms with Crippen molar-refractivity contribution in [2.75, 3.05) is 0 Å². The molecule has 0 spiro atoms. The van der Waals surface area contributed by atoms with Crippen LogP contribution in [0.3, 0.4) is 0 Å². The molecule has 0 aliphatic carbocycles. The van der Waals surface area contributed by atoms with E-state index in [2.05, 4.69) is 18.8 Å². The van der Waals surface area contributed by atoms with E-state index in [0.717, 1.165) is 31.8 Å². The van der Waals surface area contributed by atoms with Crippen LogP contribution in [0.5, 0.6) is 0 Å². The maximum atomic E-state index is 11.0. The summed E-state index contributed by atoms with van der Waals surface area (Å²) in [5.74, 6) is -0.636. The van der Waals surface area contributed by atoms with Crippen LogP contribution in [0, 0.1) is 0 Å². The Kier molecular flexibility index (Phi) is 12.5. The largest absolute Gasteiger partial charge is 1.00 e. The van der Waals surface area contributed by atoms with E-state index in [4.69, 9.17) is 0 Å². The van der Waals surface area contributed by atoms with Crippen molar-refractivity contribution >= 4 is 16.0 Å². The van der Waals surface area contributed by atoms with Gasteiger partial charge in [0.1, 0.15) is 15.5 Å². The molecule has 0 fully saturated rings. The van der Waals surface area contributed by atoms with Gasteiger partial charge in [-0.2, -0.15) is 0 Å². The first-order valence-electron chi connectivity index (χ1n) is 5.79. The topological polar surface area (TPSA) is 86.3 Å². The second-order valence-electron chi connectivity index (χ2n) is 3.90. The first-order chi connectivity index (χ1) is 7.91.